The van der Waals surface area contributed by atoms with Crippen LogP contribution in [-0.4, -0.2) is 38.4 Å². The number of aromatic nitrogens is 4. The van der Waals surface area contributed by atoms with E-state index in [0.717, 1.165) is 24.2 Å². The van der Waals surface area contributed by atoms with Gasteiger partial charge in [-0.1, -0.05) is 49.4 Å². The molecule has 0 aliphatic heterocycles. The lowest BCUT2D eigenvalue weighted by Crippen LogP contribution is -2.29. The van der Waals surface area contributed by atoms with Gasteiger partial charge >= 0.3 is 0 Å². The summed E-state index contributed by atoms with van der Waals surface area (Å²) in [6.45, 7) is 2.83. The Kier molecular flexibility index (Phi) is 6.98. The van der Waals surface area contributed by atoms with Gasteiger partial charge in [-0.3, -0.25) is 4.79 Å². The highest BCUT2D eigenvalue weighted by atomic mass is 32.2. The first-order chi connectivity index (χ1) is 13.2. The number of thioether (sulfide) groups is 1. The molecule has 0 aliphatic carbocycles. The molecular weight excluding hydrogens is 358 g/mol. The van der Waals surface area contributed by atoms with Crippen LogP contribution in [-0.2, 0) is 17.8 Å². The highest BCUT2D eigenvalue weighted by Gasteiger charge is 2.09. The van der Waals surface area contributed by atoms with Crippen LogP contribution in [0.5, 0.6) is 0 Å². The van der Waals surface area contributed by atoms with Gasteiger partial charge in [-0.2, -0.15) is 4.80 Å². The summed E-state index contributed by atoms with van der Waals surface area (Å²) in [4.78, 5) is 14.6. The van der Waals surface area contributed by atoms with Crippen molar-refractivity contribution in [1.82, 2.24) is 25.5 Å². The summed E-state index contributed by atoms with van der Waals surface area (Å²) in [5, 5.41) is 15.2. The van der Waals surface area contributed by atoms with Crippen molar-refractivity contribution in [3.05, 3.63) is 60.2 Å². The molecule has 140 valence electrons. The van der Waals surface area contributed by atoms with E-state index in [-0.39, 0.29) is 12.5 Å². The molecule has 0 saturated heterocycles. The first kappa shape index (κ1) is 19.1. The van der Waals surface area contributed by atoms with Gasteiger partial charge in [0.1, 0.15) is 6.54 Å². The second-order valence-electron chi connectivity index (χ2n) is 6.06. The molecule has 7 heteroatoms. The molecule has 0 bridgehead atoms. The first-order valence-corrected chi connectivity index (χ1v) is 10.0. The molecule has 1 amide bonds. The SMILES string of the molecule is CCc1ccc(-c2nnn(CC(=O)NCCCSc3ccccc3)n2)cc1. The third kappa shape index (κ3) is 5.92. The highest BCUT2D eigenvalue weighted by molar-refractivity contribution is 7.99. The zero-order chi connectivity index (χ0) is 18.9. The van der Waals surface area contributed by atoms with Gasteiger partial charge in [0.05, 0.1) is 0 Å². The summed E-state index contributed by atoms with van der Waals surface area (Å²) >= 11 is 1.79. The molecule has 1 N–H and O–H groups in total. The van der Waals surface area contributed by atoms with Crippen LogP contribution in [0.3, 0.4) is 0 Å². The lowest BCUT2D eigenvalue weighted by Gasteiger charge is -2.04. The van der Waals surface area contributed by atoms with Crippen LogP contribution < -0.4 is 5.32 Å². The molecule has 0 saturated carbocycles. The van der Waals surface area contributed by atoms with E-state index in [1.807, 2.05) is 30.3 Å². The van der Waals surface area contributed by atoms with Gasteiger partial charge in [0.2, 0.25) is 11.7 Å². The molecular formula is C20H23N5OS. The molecule has 3 rings (SSSR count). The summed E-state index contributed by atoms with van der Waals surface area (Å²) in [6, 6.07) is 18.3. The third-order valence-corrected chi connectivity index (χ3v) is 5.11. The van der Waals surface area contributed by atoms with Crippen LogP contribution in [0.4, 0.5) is 0 Å². The Hall–Kier alpha value is -2.67. The van der Waals surface area contributed by atoms with E-state index in [4.69, 9.17) is 0 Å². The zero-order valence-corrected chi connectivity index (χ0v) is 16.2. The number of carbonyl (C=O) groups is 1. The molecule has 0 radical (unpaired) electrons. The van der Waals surface area contributed by atoms with Gasteiger partial charge < -0.3 is 5.32 Å². The van der Waals surface area contributed by atoms with Gasteiger partial charge in [0.15, 0.2) is 0 Å². The number of benzene rings is 2. The van der Waals surface area contributed by atoms with Crippen molar-refractivity contribution in [3.63, 3.8) is 0 Å². The summed E-state index contributed by atoms with van der Waals surface area (Å²) in [5.74, 6) is 1.39. The van der Waals surface area contributed by atoms with Gasteiger partial charge in [0, 0.05) is 17.0 Å². The predicted octanol–water partition coefficient (Wildman–Crippen LogP) is 3.20. The topological polar surface area (TPSA) is 72.7 Å². The quantitative estimate of drug-likeness (QED) is 0.455. The molecule has 0 unspecified atom stereocenters. The fraction of sp³-hybridized carbons (Fsp3) is 0.300. The molecule has 1 aromatic heterocycles. The Labute approximate surface area is 163 Å². The monoisotopic (exact) mass is 381 g/mol. The summed E-state index contributed by atoms with van der Waals surface area (Å²) in [7, 11) is 0. The largest absolute Gasteiger partial charge is 0.354 e. The predicted molar refractivity (Wildman–Crippen MR) is 107 cm³/mol. The minimum atomic E-state index is -0.106. The summed E-state index contributed by atoms with van der Waals surface area (Å²) in [5.41, 5.74) is 2.16. The van der Waals surface area contributed by atoms with E-state index in [9.17, 15) is 4.79 Å². The van der Waals surface area contributed by atoms with Crippen molar-refractivity contribution < 1.29 is 4.79 Å². The second kappa shape index (κ2) is 9.87. The van der Waals surface area contributed by atoms with E-state index >= 15 is 0 Å². The second-order valence-corrected chi connectivity index (χ2v) is 7.23. The lowest BCUT2D eigenvalue weighted by atomic mass is 10.1. The number of nitrogens with one attached hydrogen (secondary N) is 1. The summed E-state index contributed by atoms with van der Waals surface area (Å²) < 4.78 is 0. The number of rotatable bonds is 9. The van der Waals surface area contributed by atoms with Crippen LogP contribution in [0.15, 0.2) is 59.5 Å². The van der Waals surface area contributed by atoms with Crippen LogP contribution in [0.2, 0.25) is 0 Å². The maximum absolute atomic E-state index is 12.0. The molecule has 27 heavy (non-hydrogen) atoms. The van der Waals surface area contributed by atoms with Crippen LogP contribution in [0.25, 0.3) is 11.4 Å². The van der Waals surface area contributed by atoms with E-state index in [0.29, 0.717) is 12.4 Å². The van der Waals surface area contributed by atoms with Crippen molar-refractivity contribution in [2.24, 2.45) is 0 Å². The average Bonchev–Trinajstić information content (AvgIpc) is 3.17. The molecule has 0 atom stereocenters. The molecule has 3 aromatic rings. The van der Waals surface area contributed by atoms with E-state index < -0.39 is 0 Å². The Morgan fingerprint density at radius 2 is 1.89 bits per heavy atom. The summed E-state index contributed by atoms with van der Waals surface area (Å²) in [6.07, 6.45) is 1.90. The van der Waals surface area contributed by atoms with Crippen molar-refractivity contribution in [3.8, 4) is 11.4 Å². The van der Waals surface area contributed by atoms with E-state index in [2.05, 4.69) is 51.9 Å². The number of nitrogens with zero attached hydrogens (tertiary/aromatic N) is 4. The highest BCUT2D eigenvalue weighted by Crippen LogP contribution is 2.17. The van der Waals surface area contributed by atoms with Crippen LogP contribution in [0, 0.1) is 0 Å². The number of hydrogen-bond donors (Lipinski definition) is 1. The maximum Gasteiger partial charge on any atom is 0.243 e. The van der Waals surface area contributed by atoms with E-state index in [1.165, 1.54) is 15.3 Å². The van der Waals surface area contributed by atoms with Crippen molar-refractivity contribution in [1.29, 1.82) is 0 Å². The van der Waals surface area contributed by atoms with Gasteiger partial charge in [-0.05, 0) is 41.5 Å². The molecule has 2 aromatic carbocycles. The Bertz CT molecular complexity index is 848. The van der Waals surface area contributed by atoms with Crippen molar-refractivity contribution >= 4 is 17.7 Å². The fourth-order valence-electron chi connectivity index (χ4n) is 2.51. The zero-order valence-electron chi connectivity index (χ0n) is 15.3. The average molecular weight is 382 g/mol. The Morgan fingerprint density at radius 3 is 2.63 bits per heavy atom. The Morgan fingerprint density at radius 1 is 1.11 bits per heavy atom. The van der Waals surface area contributed by atoms with Gasteiger partial charge in [0.25, 0.3) is 0 Å². The minimum absolute atomic E-state index is 0.0753. The fourth-order valence-corrected chi connectivity index (χ4v) is 3.38. The van der Waals surface area contributed by atoms with Crippen LogP contribution >= 0.6 is 11.8 Å². The third-order valence-electron chi connectivity index (χ3n) is 4.01. The van der Waals surface area contributed by atoms with Gasteiger partial charge in [-0.25, -0.2) is 0 Å². The molecule has 6 nitrogen and oxygen atoms in total. The van der Waals surface area contributed by atoms with Gasteiger partial charge in [-0.15, -0.1) is 22.0 Å². The molecule has 0 spiro atoms. The normalized spacial score (nSPS) is 10.7. The van der Waals surface area contributed by atoms with Crippen LogP contribution in [0.1, 0.15) is 18.9 Å². The van der Waals surface area contributed by atoms with Crippen molar-refractivity contribution in [2.45, 2.75) is 31.2 Å². The molecule has 0 aliphatic rings. The molecule has 1 heterocycles. The van der Waals surface area contributed by atoms with E-state index in [1.54, 1.807) is 11.8 Å². The molecule has 0 fully saturated rings. The number of carbonyl (C=O) groups excluding carboxylic acids is 1. The first-order valence-electron chi connectivity index (χ1n) is 9.06. The smallest absolute Gasteiger partial charge is 0.243 e. The van der Waals surface area contributed by atoms with Crippen molar-refractivity contribution in [2.75, 3.05) is 12.3 Å². The standard InChI is InChI=1S/C20H23N5OS/c1-2-16-9-11-17(12-10-16)20-22-24-25(23-20)15-19(26)21-13-6-14-27-18-7-4-3-5-8-18/h3-5,7-12H,2,6,13-15H2,1H3,(H,21,26). The lowest BCUT2D eigenvalue weighted by molar-refractivity contribution is -0.122. The number of tetrazole rings is 1. The number of hydrogen-bond acceptors (Lipinski definition) is 5. The Balaban J connectivity index is 1.40. The maximum atomic E-state index is 12.0. The number of amides is 1. The number of aryl methyl sites for hydroxylation is 1. The minimum Gasteiger partial charge on any atom is -0.354 e.